The molecule has 122 valence electrons. The predicted molar refractivity (Wildman–Crippen MR) is 94.5 cm³/mol. The van der Waals surface area contributed by atoms with Gasteiger partial charge in [-0.15, -0.1) is 0 Å². The molecule has 2 N–H and O–H groups in total. The normalized spacial score (nSPS) is 10.2. The number of anilines is 1. The molecule has 23 heavy (non-hydrogen) atoms. The maximum absolute atomic E-state index is 12.0. The van der Waals surface area contributed by atoms with Crippen LogP contribution in [0.15, 0.2) is 42.5 Å². The number of aryl methyl sites for hydroxylation is 1. The van der Waals surface area contributed by atoms with Gasteiger partial charge in [-0.2, -0.15) is 0 Å². The average molecular weight is 333 g/mol. The number of carbonyl (C=O) groups is 1. The van der Waals surface area contributed by atoms with Crippen molar-refractivity contribution in [2.24, 2.45) is 0 Å². The molecule has 0 aliphatic heterocycles. The molecule has 2 rings (SSSR count). The molecule has 2 amide bonds. The zero-order chi connectivity index (χ0) is 16.7. The van der Waals surface area contributed by atoms with Crippen LogP contribution >= 0.6 is 11.6 Å². The standard InChI is InChI=1S/C18H21ClN2O2/c1-3-23-17-7-5-4-6-14(17)10-11-20-18(22)21-16-12-15(19)9-8-13(16)2/h4-9,12H,3,10-11H2,1-2H3,(H2,20,21,22). The van der Waals surface area contributed by atoms with Crippen LogP contribution in [0.25, 0.3) is 0 Å². The summed E-state index contributed by atoms with van der Waals surface area (Å²) in [6.45, 7) is 5.02. The third-order valence-electron chi connectivity index (χ3n) is 3.40. The summed E-state index contributed by atoms with van der Waals surface area (Å²) < 4.78 is 5.58. The van der Waals surface area contributed by atoms with Crippen LogP contribution in [0, 0.1) is 6.92 Å². The summed E-state index contributed by atoms with van der Waals surface area (Å²) in [7, 11) is 0. The molecule has 2 aromatic carbocycles. The Labute approximate surface area is 141 Å². The van der Waals surface area contributed by atoms with Gasteiger partial charge in [-0.1, -0.05) is 35.9 Å². The lowest BCUT2D eigenvalue weighted by atomic mass is 10.1. The third-order valence-corrected chi connectivity index (χ3v) is 3.64. The molecule has 0 heterocycles. The molecule has 4 nitrogen and oxygen atoms in total. The van der Waals surface area contributed by atoms with E-state index in [1.807, 2.05) is 44.2 Å². The molecule has 0 atom stereocenters. The van der Waals surface area contributed by atoms with Crippen LogP contribution in [0.3, 0.4) is 0 Å². The Bertz CT molecular complexity index is 674. The van der Waals surface area contributed by atoms with Crippen LogP contribution in [0.1, 0.15) is 18.1 Å². The first-order valence-corrected chi connectivity index (χ1v) is 7.99. The second-order valence-electron chi connectivity index (χ2n) is 5.13. The van der Waals surface area contributed by atoms with Gasteiger partial charge in [0.1, 0.15) is 5.75 Å². The van der Waals surface area contributed by atoms with E-state index in [-0.39, 0.29) is 6.03 Å². The van der Waals surface area contributed by atoms with Crippen molar-refractivity contribution < 1.29 is 9.53 Å². The molecule has 0 saturated heterocycles. The second-order valence-corrected chi connectivity index (χ2v) is 5.57. The summed E-state index contributed by atoms with van der Waals surface area (Å²) in [5.74, 6) is 0.864. The zero-order valence-corrected chi connectivity index (χ0v) is 14.1. The van der Waals surface area contributed by atoms with Crippen LogP contribution < -0.4 is 15.4 Å². The van der Waals surface area contributed by atoms with Gasteiger partial charge in [0.05, 0.1) is 6.61 Å². The first-order chi connectivity index (χ1) is 11.1. The first kappa shape index (κ1) is 17.2. The fraction of sp³-hybridized carbons (Fsp3) is 0.278. The van der Waals surface area contributed by atoms with Gasteiger partial charge in [0, 0.05) is 17.3 Å². The van der Waals surface area contributed by atoms with Crippen LogP contribution in [-0.4, -0.2) is 19.2 Å². The van der Waals surface area contributed by atoms with Crippen molar-refractivity contribution in [2.45, 2.75) is 20.3 Å². The van der Waals surface area contributed by atoms with E-state index < -0.39 is 0 Å². The maximum atomic E-state index is 12.0. The zero-order valence-electron chi connectivity index (χ0n) is 13.4. The molecule has 2 aromatic rings. The number of benzene rings is 2. The van der Waals surface area contributed by atoms with Crippen molar-refractivity contribution in [1.29, 1.82) is 0 Å². The third kappa shape index (κ3) is 5.18. The molecule has 0 spiro atoms. The lowest BCUT2D eigenvalue weighted by Crippen LogP contribution is -2.30. The Hall–Kier alpha value is -2.20. The van der Waals surface area contributed by atoms with Crippen molar-refractivity contribution in [1.82, 2.24) is 5.32 Å². The van der Waals surface area contributed by atoms with Crippen molar-refractivity contribution in [3.05, 3.63) is 58.6 Å². The smallest absolute Gasteiger partial charge is 0.319 e. The van der Waals surface area contributed by atoms with Gasteiger partial charge in [0.2, 0.25) is 0 Å². The number of halogens is 1. The Morgan fingerprint density at radius 3 is 2.78 bits per heavy atom. The molecule has 0 bridgehead atoms. The summed E-state index contributed by atoms with van der Waals surface area (Å²) in [6.07, 6.45) is 0.706. The van der Waals surface area contributed by atoms with Crippen molar-refractivity contribution in [2.75, 3.05) is 18.5 Å². The molecular formula is C18H21ClN2O2. The molecule has 0 fully saturated rings. The molecular weight excluding hydrogens is 312 g/mol. The summed E-state index contributed by atoms with van der Waals surface area (Å²) in [4.78, 5) is 12.0. The van der Waals surface area contributed by atoms with Crippen molar-refractivity contribution >= 4 is 23.3 Å². The van der Waals surface area contributed by atoms with Crippen molar-refractivity contribution in [3.8, 4) is 5.75 Å². The quantitative estimate of drug-likeness (QED) is 0.823. The van der Waals surface area contributed by atoms with Crippen LogP contribution in [0.2, 0.25) is 5.02 Å². The van der Waals surface area contributed by atoms with Crippen LogP contribution in [-0.2, 0) is 6.42 Å². The topological polar surface area (TPSA) is 50.4 Å². The molecule has 0 unspecified atom stereocenters. The Kier molecular flexibility index (Phi) is 6.29. The molecule has 0 saturated carbocycles. The van der Waals surface area contributed by atoms with Gasteiger partial charge >= 0.3 is 6.03 Å². The number of rotatable bonds is 6. The number of carbonyl (C=O) groups excluding carboxylic acids is 1. The van der Waals surface area contributed by atoms with Gasteiger partial charge < -0.3 is 15.4 Å². The summed E-state index contributed by atoms with van der Waals surface area (Å²) in [5, 5.41) is 6.25. The van der Waals surface area contributed by atoms with Gasteiger partial charge in [0.15, 0.2) is 0 Å². The Morgan fingerprint density at radius 1 is 1.22 bits per heavy atom. The largest absolute Gasteiger partial charge is 0.494 e. The highest BCUT2D eigenvalue weighted by molar-refractivity contribution is 6.31. The van der Waals surface area contributed by atoms with E-state index in [0.717, 1.165) is 16.9 Å². The van der Waals surface area contributed by atoms with Crippen molar-refractivity contribution in [3.63, 3.8) is 0 Å². The SMILES string of the molecule is CCOc1ccccc1CCNC(=O)Nc1cc(Cl)ccc1C. The summed E-state index contributed by atoms with van der Waals surface area (Å²) in [6, 6.07) is 13.0. The van der Waals surface area contributed by atoms with E-state index in [1.54, 1.807) is 12.1 Å². The Balaban J connectivity index is 1.87. The highest BCUT2D eigenvalue weighted by Gasteiger charge is 2.06. The summed E-state index contributed by atoms with van der Waals surface area (Å²) >= 11 is 5.95. The molecule has 0 aliphatic rings. The number of ether oxygens (including phenoxy) is 1. The van der Waals surface area contributed by atoms with E-state index in [4.69, 9.17) is 16.3 Å². The van der Waals surface area contributed by atoms with E-state index in [1.165, 1.54) is 0 Å². The van der Waals surface area contributed by atoms with Gasteiger partial charge in [-0.05, 0) is 49.6 Å². The fourth-order valence-corrected chi connectivity index (χ4v) is 2.38. The number of para-hydroxylation sites is 1. The van der Waals surface area contributed by atoms with E-state index >= 15 is 0 Å². The second kappa shape index (κ2) is 8.44. The number of hydrogen-bond acceptors (Lipinski definition) is 2. The fourth-order valence-electron chi connectivity index (χ4n) is 2.21. The van der Waals surface area contributed by atoms with Crippen LogP contribution in [0.5, 0.6) is 5.75 Å². The van der Waals surface area contributed by atoms with Gasteiger partial charge in [0.25, 0.3) is 0 Å². The maximum Gasteiger partial charge on any atom is 0.319 e. The predicted octanol–water partition coefficient (Wildman–Crippen LogP) is 4.41. The highest BCUT2D eigenvalue weighted by atomic mass is 35.5. The highest BCUT2D eigenvalue weighted by Crippen LogP contribution is 2.20. The molecule has 0 aliphatic carbocycles. The lowest BCUT2D eigenvalue weighted by molar-refractivity contribution is 0.252. The minimum absolute atomic E-state index is 0.246. The van der Waals surface area contributed by atoms with E-state index in [9.17, 15) is 4.79 Å². The number of nitrogens with one attached hydrogen (secondary N) is 2. The molecule has 0 aromatic heterocycles. The first-order valence-electron chi connectivity index (χ1n) is 7.62. The lowest BCUT2D eigenvalue weighted by Gasteiger charge is -2.12. The molecule has 0 radical (unpaired) electrons. The summed E-state index contributed by atoms with van der Waals surface area (Å²) in [5.41, 5.74) is 2.75. The number of urea groups is 1. The van der Waals surface area contributed by atoms with E-state index in [2.05, 4.69) is 10.6 Å². The monoisotopic (exact) mass is 332 g/mol. The van der Waals surface area contributed by atoms with E-state index in [0.29, 0.717) is 30.3 Å². The number of hydrogen-bond donors (Lipinski definition) is 2. The number of amides is 2. The Morgan fingerprint density at radius 2 is 2.00 bits per heavy atom. The van der Waals surface area contributed by atoms with Crippen LogP contribution in [0.4, 0.5) is 10.5 Å². The average Bonchev–Trinajstić information content (AvgIpc) is 2.53. The van der Waals surface area contributed by atoms with Gasteiger partial charge in [-0.3, -0.25) is 0 Å². The van der Waals surface area contributed by atoms with Gasteiger partial charge in [-0.25, -0.2) is 4.79 Å². The minimum atomic E-state index is -0.246. The minimum Gasteiger partial charge on any atom is -0.494 e. The molecule has 5 heteroatoms.